The number of nitrogens with one attached hydrogen (secondary N) is 2. The molecule has 1 aromatic heterocycles. The van der Waals surface area contributed by atoms with Crippen LogP contribution in [-0.4, -0.2) is 48.2 Å². The molecule has 2 atom stereocenters. The van der Waals surface area contributed by atoms with Crippen molar-refractivity contribution >= 4 is 16.0 Å². The van der Waals surface area contributed by atoms with E-state index in [1.807, 2.05) is 13.8 Å². The molecule has 1 fully saturated rings. The zero-order chi connectivity index (χ0) is 14.8. The van der Waals surface area contributed by atoms with Crippen LogP contribution in [-0.2, 0) is 21.4 Å². The van der Waals surface area contributed by atoms with Gasteiger partial charge in [0, 0.05) is 24.8 Å². The van der Waals surface area contributed by atoms with Crippen LogP contribution in [0.3, 0.4) is 0 Å². The molecule has 20 heavy (non-hydrogen) atoms. The summed E-state index contributed by atoms with van der Waals surface area (Å²) in [5.74, 6) is 0.334. The molecule has 2 rings (SSSR count). The lowest BCUT2D eigenvalue weighted by Gasteiger charge is -2.34. The van der Waals surface area contributed by atoms with Crippen LogP contribution in [0.2, 0.25) is 0 Å². The van der Waals surface area contributed by atoms with E-state index in [4.69, 9.17) is 4.74 Å². The number of H-pyrrole nitrogens is 1. The highest BCUT2D eigenvalue weighted by Crippen LogP contribution is 2.17. The predicted molar refractivity (Wildman–Crippen MR) is 76.7 cm³/mol. The summed E-state index contributed by atoms with van der Waals surface area (Å²) in [5, 5.41) is 6.81. The lowest BCUT2D eigenvalue weighted by molar-refractivity contribution is -0.0439. The number of morpholine rings is 1. The second kappa shape index (κ2) is 6.11. The molecular weight excluding hydrogens is 280 g/mol. The lowest BCUT2D eigenvalue weighted by Crippen LogP contribution is -2.49. The summed E-state index contributed by atoms with van der Waals surface area (Å²) in [7, 11) is -3.58. The summed E-state index contributed by atoms with van der Waals surface area (Å²) in [4.78, 5) is 0. The van der Waals surface area contributed by atoms with Gasteiger partial charge < -0.3 is 4.74 Å². The third-order valence-electron chi connectivity index (χ3n) is 3.11. The SMILES string of the molecule is CCCc1cc(NS(=O)(=O)N2CC(C)OC(C)C2)n[nH]1. The van der Waals surface area contributed by atoms with E-state index < -0.39 is 10.2 Å². The minimum Gasteiger partial charge on any atom is -0.373 e. The topological polar surface area (TPSA) is 87.3 Å². The standard InChI is InChI=1S/C12H22N4O3S/c1-4-5-11-6-12(14-13-11)15-20(17,18)16-7-9(2)19-10(3)8-16/h6,9-10H,4-5,7-8H2,1-3H3,(H2,13,14,15). The van der Waals surface area contributed by atoms with Gasteiger partial charge in [-0.25, -0.2) is 0 Å². The third-order valence-corrected chi connectivity index (χ3v) is 4.55. The molecule has 1 saturated heterocycles. The molecule has 0 saturated carbocycles. The minimum atomic E-state index is -3.58. The number of aryl methyl sites for hydroxylation is 1. The largest absolute Gasteiger partial charge is 0.373 e. The lowest BCUT2D eigenvalue weighted by atomic mass is 10.2. The first kappa shape index (κ1) is 15.3. The zero-order valence-corrected chi connectivity index (χ0v) is 12.9. The molecule has 8 heteroatoms. The van der Waals surface area contributed by atoms with Gasteiger partial charge in [0.15, 0.2) is 5.82 Å². The summed E-state index contributed by atoms with van der Waals surface area (Å²) in [6.07, 6.45) is 1.61. The summed E-state index contributed by atoms with van der Waals surface area (Å²) < 4.78 is 34.1. The Bertz CT molecular complexity index is 533. The predicted octanol–water partition coefficient (Wildman–Crippen LogP) is 1.13. The van der Waals surface area contributed by atoms with Crippen molar-refractivity contribution < 1.29 is 13.2 Å². The van der Waals surface area contributed by atoms with E-state index in [1.54, 1.807) is 6.07 Å². The molecule has 1 aromatic rings. The monoisotopic (exact) mass is 302 g/mol. The van der Waals surface area contributed by atoms with Crippen LogP contribution >= 0.6 is 0 Å². The maximum absolute atomic E-state index is 12.3. The Morgan fingerprint density at radius 3 is 2.70 bits per heavy atom. The van der Waals surface area contributed by atoms with Gasteiger partial charge in [0.25, 0.3) is 0 Å². The number of hydrogen-bond acceptors (Lipinski definition) is 4. The van der Waals surface area contributed by atoms with Crippen molar-refractivity contribution in [2.75, 3.05) is 17.8 Å². The normalized spacial score (nSPS) is 24.8. The summed E-state index contributed by atoms with van der Waals surface area (Å²) in [6, 6.07) is 1.73. The van der Waals surface area contributed by atoms with Gasteiger partial charge in [0.05, 0.1) is 12.2 Å². The van der Waals surface area contributed by atoms with E-state index in [-0.39, 0.29) is 12.2 Å². The first-order valence-corrected chi connectivity index (χ1v) is 8.32. The fraction of sp³-hybridized carbons (Fsp3) is 0.750. The quantitative estimate of drug-likeness (QED) is 0.853. The van der Waals surface area contributed by atoms with E-state index in [2.05, 4.69) is 21.8 Å². The molecule has 114 valence electrons. The van der Waals surface area contributed by atoms with Crippen molar-refractivity contribution in [2.24, 2.45) is 0 Å². The molecule has 2 N–H and O–H groups in total. The average molecular weight is 302 g/mol. The minimum absolute atomic E-state index is 0.106. The molecule has 1 aliphatic rings. The maximum atomic E-state index is 12.3. The Balaban J connectivity index is 2.06. The molecule has 1 aliphatic heterocycles. The van der Waals surface area contributed by atoms with Crippen molar-refractivity contribution in [3.05, 3.63) is 11.8 Å². The van der Waals surface area contributed by atoms with E-state index in [1.165, 1.54) is 4.31 Å². The second-order valence-corrected chi connectivity index (χ2v) is 6.88. The molecular formula is C12H22N4O3S. The highest BCUT2D eigenvalue weighted by atomic mass is 32.2. The summed E-state index contributed by atoms with van der Waals surface area (Å²) >= 11 is 0. The number of rotatable bonds is 5. The highest BCUT2D eigenvalue weighted by molar-refractivity contribution is 7.90. The van der Waals surface area contributed by atoms with Crippen LogP contribution in [0.5, 0.6) is 0 Å². The number of anilines is 1. The molecule has 0 aliphatic carbocycles. The fourth-order valence-electron chi connectivity index (χ4n) is 2.33. The van der Waals surface area contributed by atoms with Crippen molar-refractivity contribution in [3.8, 4) is 0 Å². The van der Waals surface area contributed by atoms with Gasteiger partial charge in [-0.15, -0.1) is 0 Å². The number of nitrogens with zero attached hydrogens (tertiary/aromatic N) is 2. The molecule has 2 heterocycles. The van der Waals surface area contributed by atoms with Crippen molar-refractivity contribution in [2.45, 2.75) is 45.8 Å². The van der Waals surface area contributed by atoms with Crippen molar-refractivity contribution in [1.82, 2.24) is 14.5 Å². The fourth-order valence-corrected chi connectivity index (χ4v) is 3.65. The van der Waals surface area contributed by atoms with Crippen LogP contribution in [0.15, 0.2) is 6.07 Å². The van der Waals surface area contributed by atoms with Gasteiger partial charge in [0.2, 0.25) is 0 Å². The first-order valence-electron chi connectivity index (χ1n) is 6.88. The Hall–Kier alpha value is -1.12. The zero-order valence-electron chi connectivity index (χ0n) is 12.1. The number of aromatic amines is 1. The highest BCUT2D eigenvalue weighted by Gasteiger charge is 2.31. The Kier molecular flexibility index (Phi) is 4.66. The Morgan fingerprint density at radius 1 is 1.45 bits per heavy atom. The smallest absolute Gasteiger partial charge is 0.303 e. The van der Waals surface area contributed by atoms with Gasteiger partial charge in [0.1, 0.15) is 0 Å². The molecule has 0 aromatic carbocycles. The van der Waals surface area contributed by atoms with Crippen LogP contribution in [0.1, 0.15) is 32.9 Å². The number of aromatic nitrogens is 2. The molecule has 0 spiro atoms. The number of ether oxygens (including phenoxy) is 1. The summed E-state index contributed by atoms with van der Waals surface area (Å²) in [6.45, 7) is 6.50. The van der Waals surface area contributed by atoms with Gasteiger partial charge in [-0.2, -0.15) is 17.8 Å². The molecule has 7 nitrogen and oxygen atoms in total. The van der Waals surface area contributed by atoms with Crippen molar-refractivity contribution in [3.63, 3.8) is 0 Å². The van der Waals surface area contributed by atoms with Crippen LogP contribution < -0.4 is 4.72 Å². The van der Waals surface area contributed by atoms with Gasteiger partial charge in [-0.3, -0.25) is 9.82 Å². The number of hydrogen-bond donors (Lipinski definition) is 2. The Labute approximate surface area is 119 Å². The molecule has 0 radical (unpaired) electrons. The molecule has 0 bridgehead atoms. The summed E-state index contributed by atoms with van der Waals surface area (Å²) in [5.41, 5.74) is 0.925. The van der Waals surface area contributed by atoms with Crippen LogP contribution in [0.4, 0.5) is 5.82 Å². The Morgan fingerprint density at radius 2 is 2.10 bits per heavy atom. The van der Waals surface area contributed by atoms with Crippen LogP contribution in [0.25, 0.3) is 0 Å². The first-order chi connectivity index (χ1) is 9.40. The van der Waals surface area contributed by atoms with Gasteiger partial charge in [-0.05, 0) is 20.3 Å². The van der Waals surface area contributed by atoms with E-state index in [9.17, 15) is 8.42 Å². The van der Waals surface area contributed by atoms with Crippen LogP contribution in [0, 0.1) is 0 Å². The van der Waals surface area contributed by atoms with Gasteiger partial charge >= 0.3 is 10.2 Å². The van der Waals surface area contributed by atoms with E-state index in [0.717, 1.165) is 18.5 Å². The molecule has 2 unspecified atom stereocenters. The second-order valence-electron chi connectivity index (χ2n) is 5.21. The third kappa shape index (κ3) is 3.71. The van der Waals surface area contributed by atoms with E-state index in [0.29, 0.717) is 18.9 Å². The average Bonchev–Trinajstić information content (AvgIpc) is 2.75. The van der Waals surface area contributed by atoms with Gasteiger partial charge in [-0.1, -0.05) is 13.3 Å². The van der Waals surface area contributed by atoms with Crippen molar-refractivity contribution in [1.29, 1.82) is 0 Å². The maximum Gasteiger partial charge on any atom is 0.303 e. The van der Waals surface area contributed by atoms with E-state index >= 15 is 0 Å². The molecule has 0 amide bonds.